The number of carbonyl (C=O) groups excluding carboxylic acids is 1. The van der Waals surface area contributed by atoms with Crippen molar-refractivity contribution >= 4 is 27.7 Å². The van der Waals surface area contributed by atoms with Crippen LogP contribution < -0.4 is 10.6 Å². The minimum absolute atomic E-state index is 0.205. The lowest BCUT2D eigenvalue weighted by Crippen LogP contribution is -2.19. The molecule has 100 valence electrons. The molecule has 0 saturated carbocycles. The van der Waals surface area contributed by atoms with Gasteiger partial charge in [-0.05, 0) is 18.2 Å². The van der Waals surface area contributed by atoms with E-state index in [1.165, 1.54) is 30.5 Å². The zero-order valence-corrected chi connectivity index (χ0v) is 10.2. The monoisotopic (exact) mass is 283 g/mol. The highest BCUT2D eigenvalue weighted by molar-refractivity contribution is 7.85. The van der Waals surface area contributed by atoms with Crippen molar-refractivity contribution in [2.75, 3.05) is 10.6 Å². The second-order valence-electron chi connectivity index (χ2n) is 3.47. The molecule has 2 aromatic rings. The van der Waals surface area contributed by atoms with E-state index in [4.69, 9.17) is 4.55 Å². The van der Waals surface area contributed by atoms with Gasteiger partial charge in [-0.25, -0.2) is 4.79 Å². The van der Waals surface area contributed by atoms with Crippen LogP contribution in [0.3, 0.4) is 0 Å². The average Bonchev–Trinajstić information content (AvgIpc) is 2.80. The molecule has 0 fully saturated rings. The van der Waals surface area contributed by atoms with Crippen LogP contribution in [0.15, 0.2) is 46.0 Å². The van der Waals surface area contributed by atoms with Crippen molar-refractivity contribution in [1.29, 1.82) is 0 Å². The highest BCUT2D eigenvalue weighted by Crippen LogP contribution is 2.15. The summed E-state index contributed by atoms with van der Waals surface area (Å²) in [5.74, 6) is 0.212. The molecule has 0 saturated heterocycles. The highest BCUT2D eigenvalue weighted by atomic mass is 32.2. The normalized spacial score (nSPS) is 11.0. The first-order valence-electron chi connectivity index (χ1n) is 5.01. The van der Waals surface area contributed by atoms with E-state index in [9.17, 15) is 13.2 Å². The minimum Gasteiger partial charge on any atom is -0.363 e. The van der Waals surface area contributed by atoms with Crippen molar-refractivity contribution in [1.82, 2.24) is 5.16 Å². The zero-order chi connectivity index (χ0) is 13.9. The quantitative estimate of drug-likeness (QED) is 0.735. The molecule has 0 aliphatic carbocycles. The molecule has 2 rings (SSSR count). The maximum atomic E-state index is 11.5. The summed E-state index contributed by atoms with van der Waals surface area (Å²) < 4.78 is 35.3. The van der Waals surface area contributed by atoms with Gasteiger partial charge >= 0.3 is 6.03 Å². The summed E-state index contributed by atoms with van der Waals surface area (Å²) >= 11 is 0. The van der Waals surface area contributed by atoms with Gasteiger partial charge in [0.15, 0.2) is 5.82 Å². The maximum Gasteiger partial charge on any atom is 0.324 e. The van der Waals surface area contributed by atoms with Gasteiger partial charge in [0.05, 0.1) is 4.90 Å². The Bertz CT molecular complexity index is 681. The zero-order valence-electron chi connectivity index (χ0n) is 9.40. The van der Waals surface area contributed by atoms with E-state index < -0.39 is 16.1 Å². The van der Waals surface area contributed by atoms with Crippen molar-refractivity contribution < 1.29 is 22.3 Å². The molecule has 19 heavy (non-hydrogen) atoms. The topological polar surface area (TPSA) is 122 Å². The van der Waals surface area contributed by atoms with Crippen LogP contribution in [0.1, 0.15) is 0 Å². The molecule has 1 aromatic heterocycles. The number of rotatable bonds is 3. The van der Waals surface area contributed by atoms with Crippen LogP contribution in [0.4, 0.5) is 16.3 Å². The molecule has 0 bridgehead atoms. The van der Waals surface area contributed by atoms with Gasteiger partial charge in [0.2, 0.25) is 0 Å². The molecule has 0 aliphatic heterocycles. The molecular weight excluding hydrogens is 274 g/mol. The Labute approximate surface area is 108 Å². The number of hydrogen-bond acceptors (Lipinski definition) is 5. The van der Waals surface area contributed by atoms with Crippen molar-refractivity contribution in [2.24, 2.45) is 0 Å². The first-order valence-corrected chi connectivity index (χ1v) is 6.45. The fraction of sp³-hybridized carbons (Fsp3) is 0. The van der Waals surface area contributed by atoms with E-state index in [0.29, 0.717) is 0 Å². The van der Waals surface area contributed by atoms with E-state index in [0.717, 1.165) is 6.07 Å². The summed E-state index contributed by atoms with van der Waals surface area (Å²) in [6, 6.07) is 6.00. The SMILES string of the molecule is O=C(Nc1cccc(S(=O)(=O)O)c1)Nc1ccon1. The van der Waals surface area contributed by atoms with Crippen LogP contribution in [0.25, 0.3) is 0 Å². The molecule has 0 aliphatic rings. The predicted octanol–water partition coefficient (Wildman–Crippen LogP) is 1.57. The number of urea groups is 1. The summed E-state index contributed by atoms with van der Waals surface area (Å²) in [4.78, 5) is 11.2. The van der Waals surface area contributed by atoms with Gasteiger partial charge in [0, 0.05) is 11.8 Å². The lowest BCUT2D eigenvalue weighted by Gasteiger charge is -2.06. The molecule has 1 heterocycles. The number of nitrogens with zero attached hydrogens (tertiary/aromatic N) is 1. The smallest absolute Gasteiger partial charge is 0.324 e. The fourth-order valence-electron chi connectivity index (χ4n) is 1.29. The van der Waals surface area contributed by atoms with Gasteiger partial charge in [0.25, 0.3) is 10.1 Å². The van der Waals surface area contributed by atoms with Crippen molar-refractivity contribution in [3.63, 3.8) is 0 Å². The number of aromatic nitrogens is 1. The molecular formula is C10H9N3O5S. The Morgan fingerprint density at radius 2 is 2.05 bits per heavy atom. The standard InChI is InChI=1S/C10H9N3O5S/c14-10(12-9-4-5-18-13-9)11-7-2-1-3-8(6-7)19(15,16)17/h1-6H,(H,15,16,17)(H2,11,12,13,14). The summed E-state index contributed by atoms with van der Waals surface area (Å²) in [5, 5.41) is 8.22. The maximum absolute atomic E-state index is 11.5. The summed E-state index contributed by atoms with van der Waals surface area (Å²) in [6.07, 6.45) is 1.29. The van der Waals surface area contributed by atoms with Gasteiger partial charge in [-0.15, -0.1) is 0 Å². The Morgan fingerprint density at radius 1 is 1.26 bits per heavy atom. The second-order valence-corrected chi connectivity index (χ2v) is 4.89. The van der Waals surface area contributed by atoms with Gasteiger partial charge in [-0.1, -0.05) is 11.2 Å². The number of benzene rings is 1. The molecule has 9 heteroatoms. The van der Waals surface area contributed by atoms with Crippen LogP contribution in [0, 0.1) is 0 Å². The number of carbonyl (C=O) groups is 1. The van der Waals surface area contributed by atoms with Crippen LogP contribution in [-0.4, -0.2) is 24.2 Å². The van der Waals surface area contributed by atoms with E-state index in [1.807, 2.05) is 0 Å². The summed E-state index contributed by atoms with van der Waals surface area (Å²) in [7, 11) is -4.31. The van der Waals surface area contributed by atoms with Crippen LogP contribution in [0.5, 0.6) is 0 Å². The highest BCUT2D eigenvalue weighted by Gasteiger charge is 2.11. The first-order chi connectivity index (χ1) is 8.95. The first kappa shape index (κ1) is 13.1. The number of nitrogens with one attached hydrogen (secondary N) is 2. The number of anilines is 2. The van der Waals surface area contributed by atoms with Crippen molar-refractivity contribution in [3.8, 4) is 0 Å². The molecule has 0 radical (unpaired) electrons. The molecule has 2 amide bonds. The molecule has 1 aromatic carbocycles. The molecule has 0 atom stereocenters. The lowest BCUT2D eigenvalue weighted by molar-refractivity contribution is 0.262. The van der Waals surface area contributed by atoms with E-state index in [2.05, 4.69) is 20.3 Å². The Kier molecular flexibility index (Phi) is 3.49. The third-order valence-electron chi connectivity index (χ3n) is 2.07. The van der Waals surface area contributed by atoms with Gasteiger partial charge in [-0.3, -0.25) is 9.87 Å². The predicted molar refractivity (Wildman–Crippen MR) is 65.4 cm³/mol. The van der Waals surface area contributed by atoms with Crippen LogP contribution >= 0.6 is 0 Å². The van der Waals surface area contributed by atoms with Crippen molar-refractivity contribution in [3.05, 3.63) is 36.6 Å². The van der Waals surface area contributed by atoms with Crippen LogP contribution in [0.2, 0.25) is 0 Å². The van der Waals surface area contributed by atoms with Gasteiger partial charge in [-0.2, -0.15) is 8.42 Å². The average molecular weight is 283 g/mol. The largest absolute Gasteiger partial charge is 0.363 e. The van der Waals surface area contributed by atoms with Gasteiger partial charge < -0.3 is 9.84 Å². The molecule has 0 unspecified atom stereocenters. The minimum atomic E-state index is -4.31. The summed E-state index contributed by atoms with van der Waals surface area (Å²) in [5.41, 5.74) is 0.205. The molecule has 8 nitrogen and oxygen atoms in total. The Hall–Kier alpha value is -2.39. The summed E-state index contributed by atoms with van der Waals surface area (Å²) in [6.45, 7) is 0. The second kappa shape index (κ2) is 5.08. The Balaban J connectivity index is 2.09. The molecule has 3 N–H and O–H groups in total. The van der Waals surface area contributed by atoms with E-state index in [1.54, 1.807) is 0 Å². The van der Waals surface area contributed by atoms with Crippen molar-refractivity contribution in [2.45, 2.75) is 4.90 Å². The number of hydrogen-bond donors (Lipinski definition) is 3. The van der Waals surface area contributed by atoms with E-state index in [-0.39, 0.29) is 16.4 Å². The van der Waals surface area contributed by atoms with Gasteiger partial charge in [0.1, 0.15) is 6.26 Å². The molecule has 0 spiro atoms. The number of amides is 2. The van der Waals surface area contributed by atoms with E-state index >= 15 is 0 Å². The third kappa shape index (κ3) is 3.53. The fourth-order valence-corrected chi connectivity index (χ4v) is 1.82. The lowest BCUT2D eigenvalue weighted by atomic mass is 10.3. The third-order valence-corrected chi connectivity index (χ3v) is 2.92. The Morgan fingerprint density at radius 3 is 2.68 bits per heavy atom. The van der Waals surface area contributed by atoms with Crippen LogP contribution in [-0.2, 0) is 10.1 Å².